The SMILES string of the molecule is NCC1(C(=O)Nc2cc(Cl)c(OC(F)F)c(Cl)c2)CC1. The van der Waals surface area contributed by atoms with E-state index in [9.17, 15) is 13.6 Å². The van der Waals surface area contributed by atoms with Crippen LogP contribution < -0.4 is 15.8 Å². The molecule has 4 nitrogen and oxygen atoms in total. The van der Waals surface area contributed by atoms with E-state index in [1.807, 2.05) is 0 Å². The number of hydrogen-bond acceptors (Lipinski definition) is 3. The molecule has 3 N–H and O–H groups in total. The van der Waals surface area contributed by atoms with Crippen LogP contribution in [-0.2, 0) is 4.79 Å². The maximum atomic E-state index is 12.2. The van der Waals surface area contributed by atoms with Crippen molar-refractivity contribution in [1.82, 2.24) is 0 Å². The van der Waals surface area contributed by atoms with Crippen molar-refractivity contribution >= 4 is 34.8 Å². The summed E-state index contributed by atoms with van der Waals surface area (Å²) in [6.07, 6.45) is 1.45. The van der Waals surface area contributed by atoms with Crippen LogP contribution in [0.1, 0.15) is 12.8 Å². The first-order valence-corrected chi connectivity index (χ1v) is 6.59. The predicted molar refractivity (Wildman–Crippen MR) is 72.4 cm³/mol. The van der Waals surface area contributed by atoms with Crippen LogP contribution in [0.25, 0.3) is 0 Å². The van der Waals surface area contributed by atoms with Gasteiger partial charge in [0.05, 0.1) is 15.5 Å². The molecule has 1 aliphatic carbocycles. The van der Waals surface area contributed by atoms with E-state index < -0.39 is 12.0 Å². The summed E-state index contributed by atoms with van der Waals surface area (Å²) < 4.78 is 28.6. The Balaban J connectivity index is 2.16. The summed E-state index contributed by atoms with van der Waals surface area (Å²) in [6, 6.07) is 2.60. The van der Waals surface area contributed by atoms with Gasteiger partial charge < -0.3 is 15.8 Å². The number of rotatable bonds is 5. The van der Waals surface area contributed by atoms with Crippen LogP contribution in [0.2, 0.25) is 10.0 Å². The molecule has 0 spiro atoms. The van der Waals surface area contributed by atoms with Crippen molar-refractivity contribution in [2.45, 2.75) is 19.5 Å². The summed E-state index contributed by atoms with van der Waals surface area (Å²) in [5, 5.41) is 2.42. The van der Waals surface area contributed by atoms with Crippen molar-refractivity contribution in [1.29, 1.82) is 0 Å². The number of anilines is 1. The number of benzene rings is 1. The zero-order valence-corrected chi connectivity index (χ0v) is 11.8. The van der Waals surface area contributed by atoms with Crippen LogP contribution in [0.5, 0.6) is 5.75 Å². The van der Waals surface area contributed by atoms with Crippen molar-refractivity contribution in [3.63, 3.8) is 0 Å². The van der Waals surface area contributed by atoms with E-state index in [1.54, 1.807) is 0 Å². The monoisotopic (exact) mass is 324 g/mol. The highest BCUT2D eigenvalue weighted by Crippen LogP contribution is 2.46. The van der Waals surface area contributed by atoms with Crippen LogP contribution >= 0.6 is 23.2 Å². The van der Waals surface area contributed by atoms with Gasteiger partial charge >= 0.3 is 6.61 Å². The van der Waals surface area contributed by atoms with Gasteiger partial charge in [0.2, 0.25) is 5.91 Å². The summed E-state index contributed by atoms with van der Waals surface area (Å²) in [4.78, 5) is 12.0. The first kappa shape index (κ1) is 15.3. The van der Waals surface area contributed by atoms with Gasteiger partial charge in [-0.3, -0.25) is 4.79 Å². The molecular weight excluding hydrogens is 313 g/mol. The van der Waals surface area contributed by atoms with E-state index in [1.165, 1.54) is 12.1 Å². The third-order valence-corrected chi connectivity index (χ3v) is 3.75. The van der Waals surface area contributed by atoms with E-state index in [0.717, 1.165) is 12.8 Å². The molecule has 0 atom stereocenters. The lowest BCUT2D eigenvalue weighted by Gasteiger charge is -2.15. The maximum absolute atomic E-state index is 12.2. The smallest absolute Gasteiger partial charge is 0.387 e. The van der Waals surface area contributed by atoms with Gasteiger partial charge in [0.15, 0.2) is 5.75 Å². The van der Waals surface area contributed by atoms with Gasteiger partial charge in [0.25, 0.3) is 0 Å². The zero-order valence-electron chi connectivity index (χ0n) is 10.3. The quantitative estimate of drug-likeness (QED) is 0.873. The van der Waals surface area contributed by atoms with Gasteiger partial charge in [-0.1, -0.05) is 23.2 Å². The molecule has 20 heavy (non-hydrogen) atoms. The Hall–Kier alpha value is -1.11. The minimum absolute atomic E-state index is 0.106. The molecule has 2 rings (SSSR count). The summed E-state index contributed by atoms with van der Waals surface area (Å²) >= 11 is 11.6. The topological polar surface area (TPSA) is 64.4 Å². The van der Waals surface area contributed by atoms with Gasteiger partial charge in [-0.25, -0.2) is 0 Å². The summed E-state index contributed by atoms with van der Waals surface area (Å²) in [5.74, 6) is -0.545. The van der Waals surface area contributed by atoms with E-state index in [-0.39, 0.29) is 28.2 Å². The van der Waals surface area contributed by atoms with Crippen molar-refractivity contribution in [3.8, 4) is 5.75 Å². The highest BCUT2D eigenvalue weighted by molar-refractivity contribution is 6.37. The lowest BCUT2D eigenvalue weighted by atomic mass is 10.1. The third-order valence-electron chi connectivity index (χ3n) is 3.19. The molecule has 1 aromatic rings. The van der Waals surface area contributed by atoms with Crippen molar-refractivity contribution in [2.75, 3.05) is 11.9 Å². The number of amides is 1. The second-order valence-electron chi connectivity index (χ2n) is 4.59. The van der Waals surface area contributed by atoms with Gasteiger partial charge in [0, 0.05) is 12.2 Å². The molecule has 0 aliphatic heterocycles. The van der Waals surface area contributed by atoms with Gasteiger partial charge in [-0.05, 0) is 25.0 Å². The van der Waals surface area contributed by atoms with Crippen LogP contribution in [0, 0.1) is 5.41 Å². The average molecular weight is 325 g/mol. The highest BCUT2D eigenvalue weighted by atomic mass is 35.5. The molecule has 1 saturated carbocycles. The first-order valence-electron chi connectivity index (χ1n) is 5.83. The lowest BCUT2D eigenvalue weighted by Crippen LogP contribution is -2.30. The molecule has 0 heterocycles. The van der Waals surface area contributed by atoms with Crippen molar-refractivity contribution < 1.29 is 18.3 Å². The van der Waals surface area contributed by atoms with Crippen LogP contribution in [0.3, 0.4) is 0 Å². The number of nitrogens with two attached hydrogens (primary N) is 1. The standard InChI is InChI=1S/C12H12Cl2F2N2O2/c13-7-3-6(4-8(14)9(7)20-11(15)16)18-10(19)12(5-17)1-2-12/h3-4,11H,1-2,5,17H2,(H,18,19). The number of nitrogens with one attached hydrogen (secondary N) is 1. The van der Waals surface area contributed by atoms with Gasteiger partial charge in [-0.15, -0.1) is 0 Å². The van der Waals surface area contributed by atoms with E-state index in [0.29, 0.717) is 5.69 Å². The molecule has 0 bridgehead atoms. The van der Waals surface area contributed by atoms with Crippen LogP contribution in [0.15, 0.2) is 12.1 Å². The Labute approximate surface area is 124 Å². The fourth-order valence-electron chi connectivity index (χ4n) is 1.77. The second kappa shape index (κ2) is 5.71. The minimum Gasteiger partial charge on any atom is -0.432 e. The number of ether oxygens (including phenoxy) is 1. The minimum atomic E-state index is -3.03. The Morgan fingerprint density at radius 1 is 1.40 bits per heavy atom. The zero-order chi connectivity index (χ0) is 14.9. The lowest BCUT2D eigenvalue weighted by molar-refractivity contribution is -0.120. The molecule has 8 heteroatoms. The van der Waals surface area contributed by atoms with E-state index >= 15 is 0 Å². The number of hydrogen-bond donors (Lipinski definition) is 2. The predicted octanol–water partition coefficient (Wildman–Crippen LogP) is 3.27. The maximum Gasteiger partial charge on any atom is 0.387 e. The second-order valence-corrected chi connectivity index (χ2v) is 5.40. The molecule has 1 fully saturated rings. The van der Waals surface area contributed by atoms with Gasteiger partial charge in [0.1, 0.15) is 0 Å². The molecule has 0 saturated heterocycles. The molecule has 110 valence electrons. The Morgan fingerprint density at radius 2 is 1.95 bits per heavy atom. The Morgan fingerprint density at radius 3 is 2.35 bits per heavy atom. The number of alkyl halides is 2. The Kier molecular flexibility index (Phi) is 4.36. The Bertz CT molecular complexity index is 513. The van der Waals surface area contributed by atoms with E-state index in [2.05, 4.69) is 10.1 Å². The van der Waals surface area contributed by atoms with Crippen LogP contribution in [0.4, 0.5) is 14.5 Å². The average Bonchev–Trinajstić information content (AvgIpc) is 3.14. The van der Waals surface area contributed by atoms with Gasteiger partial charge in [-0.2, -0.15) is 8.78 Å². The normalized spacial score (nSPS) is 16.1. The number of carbonyl (C=O) groups is 1. The molecule has 0 unspecified atom stereocenters. The van der Waals surface area contributed by atoms with Crippen molar-refractivity contribution in [2.24, 2.45) is 11.1 Å². The molecule has 1 aromatic carbocycles. The largest absolute Gasteiger partial charge is 0.432 e. The fraction of sp³-hybridized carbons (Fsp3) is 0.417. The number of carbonyl (C=O) groups excluding carboxylic acids is 1. The molecule has 0 radical (unpaired) electrons. The molecular formula is C12H12Cl2F2N2O2. The first-order chi connectivity index (χ1) is 9.38. The van der Waals surface area contributed by atoms with Crippen molar-refractivity contribution in [3.05, 3.63) is 22.2 Å². The molecule has 1 aliphatic rings. The third kappa shape index (κ3) is 3.13. The highest BCUT2D eigenvalue weighted by Gasteiger charge is 2.48. The molecule has 0 aromatic heterocycles. The summed E-state index contributed by atoms with van der Waals surface area (Å²) in [5.41, 5.74) is 5.33. The number of halogens is 4. The fourth-order valence-corrected chi connectivity index (χ4v) is 2.35. The summed E-state index contributed by atoms with van der Waals surface area (Å²) in [7, 11) is 0. The molecule has 1 amide bonds. The van der Waals surface area contributed by atoms with E-state index in [4.69, 9.17) is 28.9 Å². The summed E-state index contributed by atoms with van der Waals surface area (Å²) in [6.45, 7) is -2.77. The van der Waals surface area contributed by atoms with Crippen LogP contribution in [-0.4, -0.2) is 19.1 Å².